The molecule has 0 saturated heterocycles. The molecule has 0 saturated carbocycles. The van der Waals surface area contributed by atoms with Crippen LogP contribution in [0.5, 0.6) is 5.75 Å². The number of aliphatic hydroxyl groups is 1. The smallest absolute Gasteiger partial charge is 0.336 e. The van der Waals surface area contributed by atoms with E-state index in [0.29, 0.717) is 5.56 Å². The molecule has 0 amide bonds. The van der Waals surface area contributed by atoms with Gasteiger partial charge in [-0.3, -0.25) is 0 Å². The van der Waals surface area contributed by atoms with Crippen LogP contribution in [-0.4, -0.2) is 35.5 Å². The number of rotatable bonds is 2. The van der Waals surface area contributed by atoms with Crippen molar-refractivity contribution >= 4 is 24.8 Å². The number of phenols is 1. The highest BCUT2D eigenvalue weighted by Crippen LogP contribution is 2.42. The Kier molecular flexibility index (Phi) is 3.94. The molecule has 136 valence electrons. The molecular formula is C22H20O4Si. The normalized spacial score (nSPS) is 20.0. The Bertz CT molecular complexity index is 1060. The minimum absolute atomic E-state index is 0.191. The van der Waals surface area contributed by atoms with E-state index in [1.807, 2.05) is 30.4 Å². The number of aromatic carboxylic acids is 1. The van der Waals surface area contributed by atoms with Crippen LogP contribution in [0.2, 0.25) is 13.1 Å². The van der Waals surface area contributed by atoms with Gasteiger partial charge in [-0.15, -0.1) is 0 Å². The van der Waals surface area contributed by atoms with Crippen LogP contribution < -0.4 is 5.19 Å². The maximum Gasteiger partial charge on any atom is 0.336 e. The predicted molar refractivity (Wildman–Crippen MR) is 108 cm³/mol. The Morgan fingerprint density at radius 1 is 1.07 bits per heavy atom. The summed E-state index contributed by atoms with van der Waals surface area (Å²) in [5.74, 6) is -0.789. The molecule has 27 heavy (non-hydrogen) atoms. The fourth-order valence-electron chi connectivity index (χ4n) is 4.10. The van der Waals surface area contributed by atoms with Crippen LogP contribution in [0.15, 0.2) is 71.5 Å². The molecule has 2 aromatic carbocycles. The maximum absolute atomic E-state index is 11.8. The molecule has 1 aliphatic carbocycles. The van der Waals surface area contributed by atoms with E-state index in [1.165, 1.54) is 0 Å². The van der Waals surface area contributed by atoms with Gasteiger partial charge >= 0.3 is 5.97 Å². The number of carboxylic acid groups (broad SMARTS) is 1. The van der Waals surface area contributed by atoms with Crippen LogP contribution in [0, 0.1) is 0 Å². The van der Waals surface area contributed by atoms with Crippen LogP contribution in [0.25, 0.3) is 5.57 Å². The number of carboxylic acids is 1. The molecule has 1 heterocycles. The average Bonchev–Trinajstić information content (AvgIpc) is 2.63. The Hall–Kier alpha value is -2.89. The summed E-state index contributed by atoms with van der Waals surface area (Å²) in [6, 6.07) is 12.3. The van der Waals surface area contributed by atoms with E-state index in [9.17, 15) is 20.1 Å². The van der Waals surface area contributed by atoms with Gasteiger partial charge in [-0.2, -0.15) is 0 Å². The van der Waals surface area contributed by atoms with E-state index >= 15 is 0 Å². The van der Waals surface area contributed by atoms with Gasteiger partial charge in [-0.1, -0.05) is 55.6 Å². The number of carbonyl (C=O) groups is 1. The Morgan fingerprint density at radius 2 is 1.81 bits per heavy atom. The first kappa shape index (κ1) is 17.5. The van der Waals surface area contributed by atoms with Crippen molar-refractivity contribution in [1.82, 2.24) is 0 Å². The minimum Gasteiger partial charge on any atom is -0.508 e. The monoisotopic (exact) mass is 376 g/mol. The van der Waals surface area contributed by atoms with E-state index < -0.39 is 20.1 Å². The molecule has 0 bridgehead atoms. The predicted octanol–water partition coefficient (Wildman–Crippen LogP) is 3.22. The summed E-state index contributed by atoms with van der Waals surface area (Å²) >= 11 is 0. The maximum atomic E-state index is 11.8. The first-order valence-corrected chi connectivity index (χ1v) is 11.8. The SMILES string of the molecule is C[Si]1(C)C2=CC(O)C=CC2=C(c2ccccc2C(=O)O)c2ccc(O)cc21. The third kappa shape index (κ3) is 2.67. The second-order valence-corrected chi connectivity index (χ2v) is 11.8. The quantitative estimate of drug-likeness (QED) is 0.704. The van der Waals surface area contributed by atoms with Gasteiger partial charge in [0.05, 0.1) is 11.7 Å². The number of hydrogen-bond acceptors (Lipinski definition) is 3. The van der Waals surface area contributed by atoms with Crippen LogP contribution in [-0.2, 0) is 0 Å². The summed E-state index contributed by atoms with van der Waals surface area (Å²) in [7, 11) is -2.18. The molecule has 2 aromatic rings. The number of benzene rings is 2. The third-order valence-corrected chi connectivity index (χ3v) is 8.95. The van der Waals surface area contributed by atoms with Crippen LogP contribution in [0.1, 0.15) is 21.5 Å². The summed E-state index contributed by atoms with van der Waals surface area (Å²) in [6.07, 6.45) is 4.82. The number of fused-ring (bicyclic) bond motifs is 2. The first-order valence-electron chi connectivity index (χ1n) is 8.80. The van der Waals surface area contributed by atoms with Gasteiger partial charge in [-0.05, 0) is 50.9 Å². The van der Waals surface area contributed by atoms with Gasteiger partial charge in [0, 0.05) is 0 Å². The number of hydrogen-bond donors (Lipinski definition) is 3. The van der Waals surface area contributed by atoms with Crippen molar-refractivity contribution in [3.05, 3.63) is 88.2 Å². The second kappa shape index (κ2) is 6.08. The van der Waals surface area contributed by atoms with E-state index in [4.69, 9.17) is 0 Å². The third-order valence-electron chi connectivity index (χ3n) is 5.40. The Labute approximate surface area is 158 Å². The Morgan fingerprint density at radius 3 is 2.56 bits per heavy atom. The lowest BCUT2D eigenvalue weighted by Crippen LogP contribution is -2.49. The van der Waals surface area contributed by atoms with E-state index in [1.54, 1.807) is 30.3 Å². The second-order valence-electron chi connectivity index (χ2n) is 7.42. The molecule has 0 fully saturated rings. The lowest BCUT2D eigenvalue weighted by Gasteiger charge is -2.38. The number of phenolic OH excluding ortho intramolecular Hbond substituents is 1. The fraction of sp³-hybridized carbons (Fsp3) is 0.136. The molecule has 0 radical (unpaired) electrons. The standard InChI is InChI=1S/C22H20O4Si/c1-27(2)19-11-13(23)7-9-17(19)21(18-10-8-14(24)12-20(18)27)15-5-3-4-6-16(15)22(25)26/h3-13,23-24H,1-2H3,(H,25,26). The van der Waals surface area contributed by atoms with Crippen molar-refractivity contribution < 1.29 is 20.1 Å². The van der Waals surface area contributed by atoms with Crippen molar-refractivity contribution in [2.24, 2.45) is 0 Å². The molecule has 1 unspecified atom stereocenters. The molecule has 4 nitrogen and oxygen atoms in total. The topological polar surface area (TPSA) is 77.8 Å². The molecule has 3 N–H and O–H groups in total. The van der Waals surface area contributed by atoms with Gasteiger partial charge in [0.25, 0.3) is 0 Å². The van der Waals surface area contributed by atoms with Gasteiger partial charge < -0.3 is 15.3 Å². The molecule has 0 spiro atoms. The van der Waals surface area contributed by atoms with E-state index in [2.05, 4.69) is 13.1 Å². The van der Waals surface area contributed by atoms with Crippen molar-refractivity contribution in [1.29, 1.82) is 0 Å². The summed E-state index contributed by atoms with van der Waals surface area (Å²) in [6.45, 7) is 4.37. The number of aromatic hydroxyl groups is 1. The van der Waals surface area contributed by atoms with E-state index in [-0.39, 0.29) is 11.3 Å². The van der Waals surface area contributed by atoms with Crippen LogP contribution >= 0.6 is 0 Å². The summed E-state index contributed by atoms with van der Waals surface area (Å²) in [5.41, 5.74) is 3.63. The highest BCUT2D eigenvalue weighted by Gasteiger charge is 2.40. The van der Waals surface area contributed by atoms with Crippen LogP contribution in [0.3, 0.4) is 0 Å². The molecule has 4 rings (SSSR count). The van der Waals surface area contributed by atoms with Gasteiger partial charge in [0.1, 0.15) is 13.8 Å². The average molecular weight is 376 g/mol. The van der Waals surface area contributed by atoms with Crippen molar-refractivity contribution in [2.45, 2.75) is 19.2 Å². The molecule has 1 aliphatic heterocycles. The fourth-order valence-corrected chi connectivity index (χ4v) is 7.25. The molecule has 1 atom stereocenters. The Balaban J connectivity index is 2.13. The number of allylic oxidation sites excluding steroid dienone is 3. The highest BCUT2D eigenvalue weighted by atomic mass is 28.3. The molecule has 2 aliphatic rings. The van der Waals surface area contributed by atoms with Crippen molar-refractivity contribution in [3.63, 3.8) is 0 Å². The summed E-state index contributed by atoms with van der Waals surface area (Å²) in [4.78, 5) is 11.8. The van der Waals surface area contributed by atoms with Gasteiger partial charge in [-0.25, -0.2) is 4.79 Å². The van der Waals surface area contributed by atoms with Crippen molar-refractivity contribution in [2.75, 3.05) is 0 Å². The highest BCUT2D eigenvalue weighted by molar-refractivity contribution is 6.97. The molecule has 5 heteroatoms. The van der Waals surface area contributed by atoms with E-state index in [0.717, 1.165) is 27.1 Å². The zero-order valence-electron chi connectivity index (χ0n) is 15.1. The summed E-state index contributed by atoms with van der Waals surface area (Å²) < 4.78 is 0. The molecule has 0 aromatic heterocycles. The summed E-state index contributed by atoms with van der Waals surface area (Å²) in [5, 5.41) is 32.1. The minimum atomic E-state index is -2.18. The largest absolute Gasteiger partial charge is 0.508 e. The zero-order chi connectivity index (χ0) is 19.3. The van der Waals surface area contributed by atoms with Crippen molar-refractivity contribution in [3.8, 4) is 5.75 Å². The van der Waals surface area contributed by atoms with Gasteiger partial charge in [0.15, 0.2) is 0 Å². The van der Waals surface area contributed by atoms with Crippen LogP contribution in [0.4, 0.5) is 0 Å². The zero-order valence-corrected chi connectivity index (χ0v) is 16.1. The van der Waals surface area contributed by atoms with Gasteiger partial charge in [0.2, 0.25) is 0 Å². The lowest BCUT2D eigenvalue weighted by molar-refractivity contribution is 0.0696. The number of aliphatic hydroxyl groups excluding tert-OH is 1. The molecular weight excluding hydrogens is 356 g/mol. The first-order chi connectivity index (χ1) is 12.8. The lowest BCUT2D eigenvalue weighted by atomic mass is 9.87.